The molecule has 0 saturated heterocycles. The summed E-state index contributed by atoms with van der Waals surface area (Å²) in [5.74, 6) is -1.67. The van der Waals surface area contributed by atoms with Crippen molar-refractivity contribution in [1.29, 1.82) is 0 Å². The Morgan fingerprint density at radius 3 is 2.11 bits per heavy atom. The first-order chi connectivity index (χ1) is 8.42. The summed E-state index contributed by atoms with van der Waals surface area (Å²) in [6.45, 7) is 5.37. The molecule has 0 fully saturated rings. The first kappa shape index (κ1) is 14.2. The minimum atomic E-state index is -1.08. The predicted octanol–water partition coefficient (Wildman–Crippen LogP) is 2.61. The van der Waals surface area contributed by atoms with E-state index in [1.54, 1.807) is 26.2 Å². The van der Waals surface area contributed by atoms with E-state index in [1.165, 1.54) is 0 Å². The number of aryl methyl sites for hydroxylation is 2. The van der Waals surface area contributed by atoms with Crippen molar-refractivity contribution in [2.75, 3.05) is 7.11 Å². The maximum atomic E-state index is 12.1. The average Bonchev–Trinajstić information content (AvgIpc) is 2.28. The number of ether oxygens (including phenoxy) is 1. The summed E-state index contributed by atoms with van der Waals surface area (Å²) in [6.07, 6.45) is 0.290. The number of carbonyl (C=O) groups excluding carboxylic acids is 1. The molecule has 0 spiro atoms. The molecule has 1 rings (SSSR count). The molecule has 0 heterocycles. The highest BCUT2D eigenvalue weighted by molar-refractivity contribution is 6.08. The average molecular weight is 250 g/mol. The Labute approximate surface area is 107 Å². The summed E-state index contributed by atoms with van der Waals surface area (Å²) >= 11 is 0. The van der Waals surface area contributed by atoms with Crippen LogP contribution in [0.3, 0.4) is 0 Å². The Morgan fingerprint density at radius 2 is 1.78 bits per heavy atom. The van der Waals surface area contributed by atoms with E-state index in [1.807, 2.05) is 13.8 Å². The molecule has 4 nitrogen and oxygen atoms in total. The number of aliphatic carboxylic acids is 1. The molecule has 0 radical (unpaired) electrons. The minimum Gasteiger partial charge on any atom is -0.496 e. The summed E-state index contributed by atoms with van der Waals surface area (Å²) in [7, 11) is 1.57. The van der Waals surface area contributed by atoms with Crippen LogP contribution >= 0.6 is 0 Å². The number of benzene rings is 1. The van der Waals surface area contributed by atoms with Crippen LogP contribution in [-0.4, -0.2) is 24.0 Å². The number of hydrogen-bond donors (Lipinski definition) is 1. The number of methoxy groups -OCH3 is 1. The summed E-state index contributed by atoms with van der Waals surface area (Å²) in [5, 5.41) is 9.00. The van der Waals surface area contributed by atoms with E-state index in [-0.39, 0.29) is 12.2 Å². The van der Waals surface area contributed by atoms with E-state index in [9.17, 15) is 9.59 Å². The molecule has 18 heavy (non-hydrogen) atoms. The zero-order valence-electron chi connectivity index (χ0n) is 11.1. The van der Waals surface area contributed by atoms with Crippen LogP contribution in [0.2, 0.25) is 0 Å². The summed E-state index contributed by atoms with van der Waals surface area (Å²) in [5.41, 5.74) is 2.10. The van der Waals surface area contributed by atoms with Crippen molar-refractivity contribution in [3.05, 3.63) is 28.8 Å². The molecule has 0 aliphatic carbocycles. The number of carboxylic acids is 1. The lowest BCUT2D eigenvalue weighted by molar-refractivity contribution is -0.140. The zero-order chi connectivity index (χ0) is 13.9. The molecular weight excluding hydrogens is 232 g/mol. The first-order valence-corrected chi connectivity index (χ1v) is 5.84. The highest BCUT2D eigenvalue weighted by Crippen LogP contribution is 2.26. The maximum absolute atomic E-state index is 12.1. The van der Waals surface area contributed by atoms with Gasteiger partial charge in [-0.15, -0.1) is 0 Å². The second kappa shape index (κ2) is 5.67. The molecule has 1 atom stereocenters. The van der Waals surface area contributed by atoms with Gasteiger partial charge in [0.25, 0.3) is 0 Å². The monoisotopic (exact) mass is 250 g/mol. The minimum absolute atomic E-state index is 0.290. The Bertz CT molecular complexity index is 454. The maximum Gasteiger partial charge on any atom is 0.314 e. The van der Waals surface area contributed by atoms with Crippen LogP contribution in [0.4, 0.5) is 0 Å². The highest BCUT2D eigenvalue weighted by atomic mass is 16.5. The first-order valence-electron chi connectivity index (χ1n) is 5.84. The number of carbonyl (C=O) groups is 2. The van der Waals surface area contributed by atoms with Crippen LogP contribution in [0, 0.1) is 19.8 Å². The quantitative estimate of drug-likeness (QED) is 0.644. The van der Waals surface area contributed by atoms with Gasteiger partial charge < -0.3 is 9.84 Å². The van der Waals surface area contributed by atoms with Gasteiger partial charge in [-0.1, -0.05) is 6.92 Å². The highest BCUT2D eigenvalue weighted by Gasteiger charge is 2.26. The van der Waals surface area contributed by atoms with Gasteiger partial charge in [0.1, 0.15) is 11.7 Å². The van der Waals surface area contributed by atoms with Gasteiger partial charge in [0, 0.05) is 5.56 Å². The van der Waals surface area contributed by atoms with Gasteiger partial charge >= 0.3 is 5.97 Å². The summed E-state index contributed by atoms with van der Waals surface area (Å²) in [6, 6.07) is 3.36. The largest absolute Gasteiger partial charge is 0.496 e. The molecule has 0 aromatic heterocycles. The fourth-order valence-corrected chi connectivity index (χ4v) is 2.09. The number of hydrogen-bond acceptors (Lipinski definition) is 3. The molecule has 1 unspecified atom stereocenters. The topological polar surface area (TPSA) is 63.6 Å². The summed E-state index contributed by atoms with van der Waals surface area (Å²) in [4.78, 5) is 23.1. The van der Waals surface area contributed by atoms with Gasteiger partial charge in [0.2, 0.25) is 0 Å². The van der Waals surface area contributed by atoms with E-state index >= 15 is 0 Å². The van der Waals surface area contributed by atoms with Crippen LogP contribution in [-0.2, 0) is 4.79 Å². The van der Waals surface area contributed by atoms with Crippen molar-refractivity contribution in [3.8, 4) is 5.75 Å². The lowest BCUT2D eigenvalue weighted by Crippen LogP contribution is -2.23. The lowest BCUT2D eigenvalue weighted by atomic mass is 9.93. The van der Waals surface area contributed by atoms with Gasteiger partial charge in [-0.3, -0.25) is 9.59 Å². The third kappa shape index (κ3) is 2.70. The van der Waals surface area contributed by atoms with E-state index in [2.05, 4.69) is 0 Å². The van der Waals surface area contributed by atoms with Gasteiger partial charge in [0.05, 0.1) is 7.11 Å². The van der Waals surface area contributed by atoms with E-state index in [0.717, 1.165) is 16.9 Å². The van der Waals surface area contributed by atoms with Crippen molar-refractivity contribution in [2.45, 2.75) is 27.2 Å². The smallest absolute Gasteiger partial charge is 0.314 e. The SMILES string of the molecule is CCC(C(=O)O)C(=O)c1cc(C)c(OC)c(C)c1. The molecular formula is C14H18O4. The summed E-state index contributed by atoms with van der Waals surface area (Å²) < 4.78 is 5.22. The molecule has 98 valence electrons. The molecule has 0 aliphatic heterocycles. The molecule has 0 amide bonds. The number of rotatable bonds is 5. The third-order valence-corrected chi connectivity index (χ3v) is 2.97. The third-order valence-electron chi connectivity index (χ3n) is 2.97. The fraction of sp³-hybridized carbons (Fsp3) is 0.429. The second-order valence-electron chi connectivity index (χ2n) is 4.31. The Hall–Kier alpha value is -1.84. The van der Waals surface area contributed by atoms with Crippen LogP contribution in [0.1, 0.15) is 34.8 Å². The molecule has 0 saturated carbocycles. The van der Waals surface area contributed by atoms with Crippen molar-refractivity contribution in [1.82, 2.24) is 0 Å². The van der Waals surface area contributed by atoms with Gasteiger partial charge in [-0.05, 0) is 43.5 Å². The molecule has 4 heteroatoms. The standard InChI is InChI=1S/C14H18O4/c1-5-11(14(16)17)12(15)10-6-8(2)13(18-4)9(3)7-10/h6-7,11H,5H2,1-4H3,(H,16,17). The predicted molar refractivity (Wildman–Crippen MR) is 68.2 cm³/mol. The fourth-order valence-electron chi connectivity index (χ4n) is 2.09. The number of carboxylic acid groups (broad SMARTS) is 1. The van der Waals surface area contributed by atoms with E-state index in [0.29, 0.717) is 5.56 Å². The van der Waals surface area contributed by atoms with E-state index in [4.69, 9.17) is 9.84 Å². The lowest BCUT2D eigenvalue weighted by Gasteiger charge is -2.13. The Balaban J connectivity index is 3.19. The van der Waals surface area contributed by atoms with Crippen molar-refractivity contribution < 1.29 is 19.4 Å². The number of Topliss-reactive ketones (excluding diaryl/α,β-unsaturated/α-hetero) is 1. The molecule has 1 N–H and O–H groups in total. The van der Waals surface area contributed by atoms with Crippen LogP contribution in [0.15, 0.2) is 12.1 Å². The van der Waals surface area contributed by atoms with Crippen molar-refractivity contribution >= 4 is 11.8 Å². The van der Waals surface area contributed by atoms with Crippen LogP contribution in [0.25, 0.3) is 0 Å². The zero-order valence-corrected chi connectivity index (χ0v) is 11.1. The van der Waals surface area contributed by atoms with E-state index < -0.39 is 11.9 Å². The Morgan fingerprint density at radius 1 is 1.28 bits per heavy atom. The van der Waals surface area contributed by atoms with Gasteiger partial charge in [-0.2, -0.15) is 0 Å². The second-order valence-corrected chi connectivity index (χ2v) is 4.31. The molecule has 1 aromatic carbocycles. The Kier molecular flexibility index (Phi) is 4.48. The number of ketones is 1. The normalized spacial score (nSPS) is 12.0. The van der Waals surface area contributed by atoms with Crippen LogP contribution < -0.4 is 4.74 Å². The van der Waals surface area contributed by atoms with Gasteiger partial charge in [0.15, 0.2) is 5.78 Å². The van der Waals surface area contributed by atoms with Crippen molar-refractivity contribution in [2.24, 2.45) is 5.92 Å². The molecule has 0 aliphatic rings. The van der Waals surface area contributed by atoms with Crippen LogP contribution in [0.5, 0.6) is 5.75 Å². The van der Waals surface area contributed by atoms with Crippen molar-refractivity contribution in [3.63, 3.8) is 0 Å². The molecule has 0 bridgehead atoms. The van der Waals surface area contributed by atoms with Gasteiger partial charge in [-0.25, -0.2) is 0 Å². The molecule has 1 aromatic rings.